The van der Waals surface area contributed by atoms with Crippen LogP contribution in [0.25, 0.3) is 11.0 Å². The van der Waals surface area contributed by atoms with Crippen LogP contribution in [-0.2, 0) is 0 Å². The molecule has 0 aliphatic carbocycles. The minimum atomic E-state index is -1.23. The molecule has 7 nitrogen and oxygen atoms in total. The number of phenols is 3. The van der Waals surface area contributed by atoms with Crippen LogP contribution in [-0.4, -0.2) is 25.5 Å². The van der Waals surface area contributed by atoms with E-state index in [4.69, 9.17) is 10.2 Å². The van der Waals surface area contributed by atoms with Gasteiger partial charge in [0.15, 0.2) is 17.2 Å². The number of rotatable bonds is 0. The summed E-state index contributed by atoms with van der Waals surface area (Å²) in [6.07, 6.45) is 0. The van der Waals surface area contributed by atoms with Crippen molar-refractivity contribution in [3.63, 3.8) is 0 Å². The van der Waals surface area contributed by atoms with E-state index in [2.05, 4.69) is 4.42 Å². The third kappa shape index (κ3) is 1.11. The van der Waals surface area contributed by atoms with Crippen molar-refractivity contribution in [2.24, 2.45) is 0 Å². The summed E-state index contributed by atoms with van der Waals surface area (Å²) in [7, 11) is 0. The first-order valence-electron chi connectivity index (χ1n) is 4.06. The van der Waals surface area contributed by atoms with E-state index < -0.39 is 39.8 Å². The molecule has 0 radical (unpaired) electrons. The van der Waals surface area contributed by atoms with Crippen molar-refractivity contribution in [3.05, 3.63) is 16.5 Å². The molecule has 0 saturated heterocycles. The van der Waals surface area contributed by atoms with Gasteiger partial charge < -0.3 is 29.9 Å². The van der Waals surface area contributed by atoms with E-state index in [0.29, 0.717) is 0 Å². The molecule has 0 saturated carbocycles. The van der Waals surface area contributed by atoms with Crippen LogP contribution >= 0.6 is 0 Å². The second kappa shape index (κ2) is 2.96. The topological polar surface area (TPSA) is 131 Å². The lowest BCUT2D eigenvalue weighted by Gasteiger charge is -2.06. The molecule has 1 aromatic heterocycles. The van der Waals surface area contributed by atoms with E-state index in [1.54, 1.807) is 0 Å². The Hall–Kier alpha value is -2.57. The summed E-state index contributed by atoms with van der Waals surface area (Å²) in [6.45, 7) is 0. The summed E-state index contributed by atoms with van der Waals surface area (Å²) in [4.78, 5) is 11.0. The Bertz CT molecular complexity index is 641. The molecule has 0 atom stereocenters. The number of hydrogen-bond acceptors (Lipinski definition) is 7. The average molecular weight is 226 g/mol. The molecule has 1 heterocycles. The molecule has 0 unspecified atom stereocenters. The second-order valence-electron chi connectivity index (χ2n) is 3.05. The van der Waals surface area contributed by atoms with Crippen molar-refractivity contribution in [2.45, 2.75) is 0 Å². The molecule has 2 aromatic rings. The average Bonchev–Trinajstić information content (AvgIpc) is 2.23. The molecule has 16 heavy (non-hydrogen) atoms. The fourth-order valence-corrected chi connectivity index (χ4v) is 1.29. The zero-order valence-electron chi connectivity index (χ0n) is 7.63. The number of phenolic OH excluding ortho intramolecular Hbond substituents is 3. The predicted molar refractivity (Wildman–Crippen MR) is 50.8 cm³/mol. The highest BCUT2D eigenvalue weighted by molar-refractivity contribution is 5.94. The van der Waals surface area contributed by atoms with Crippen LogP contribution in [0.15, 0.2) is 15.3 Å². The summed E-state index contributed by atoms with van der Waals surface area (Å²) in [6, 6.07) is 0.824. The number of fused-ring (bicyclic) bond motifs is 1. The molecule has 7 heteroatoms. The summed E-state index contributed by atoms with van der Waals surface area (Å²) in [5, 5.41) is 45.7. The Morgan fingerprint density at radius 3 is 2.06 bits per heavy atom. The van der Waals surface area contributed by atoms with Crippen LogP contribution in [0.3, 0.4) is 0 Å². The molecular weight excluding hydrogens is 220 g/mol. The minimum absolute atomic E-state index is 0.367. The van der Waals surface area contributed by atoms with Gasteiger partial charge in [0.05, 0.1) is 0 Å². The molecule has 2 rings (SSSR count). The van der Waals surface area contributed by atoms with Crippen LogP contribution in [0.5, 0.6) is 28.7 Å². The highest BCUT2D eigenvalue weighted by atomic mass is 16.4. The van der Waals surface area contributed by atoms with Gasteiger partial charge in [0.1, 0.15) is 11.0 Å². The van der Waals surface area contributed by atoms with Crippen LogP contribution in [0.2, 0.25) is 0 Å². The summed E-state index contributed by atoms with van der Waals surface area (Å²) >= 11 is 0. The Balaban J connectivity index is 3.09. The summed E-state index contributed by atoms with van der Waals surface area (Å²) in [5.74, 6) is -4.53. The molecule has 0 spiro atoms. The second-order valence-corrected chi connectivity index (χ2v) is 3.05. The first kappa shape index (κ1) is 9.97. The standard InChI is InChI=1S/C9H6O7/c10-2-1-3-4(6(12)5(2)11)7(13)8(14)9(15)16-3/h1,10-14H. The van der Waals surface area contributed by atoms with Gasteiger partial charge in [-0.1, -0.05) is 0 Å². The van der Waals surface area contributed by atoms with Gasteiger partial charge in [-0.15, -0.1) is 0 Å². The fraction of sp³-hybridized carbons (Fsp3) is 0. The smallest absolute Gasteiger partial charge is 0.382 e. The maximum Gasteiger partial charge on any atom is 0.382 e. The van der Waals surface area contributed by atoms with Crippen molar-refractivity contribution in [3.8, 4) is 28.7 Å². The minimum Gasteiger partial charge on any atom is -0.504 e. The SMILES string of the molecule is O=c1oc2cc(O)c(O)c(O)c2c(O)c1O. The zero-order chi connectivity index (χ0) is 12.0. The largest absolute Gasteiger partial charge is 0.504 e. The van der Waals surface area contributed by atoms with Gasteiger partial charge in [0.2, 0.25) is 11.5 Å². The van der Waals surface area contributed by atoms with Crippen molar-refractivity contribution in [2.75, 3.05) is 0 Å². The van der Waals surface area contributed by atoms with Gasteiger partial charge in [0, 0.05) is 6.07 Å². The Morgan fingerprint density at radius 2 is 1.44 bits per heavy atom. The Labute approximate surface area is 87.1 Å². The van der Waals surface area contributed by atoms with E-state index in [1.807, 2.05) is 0 Å². The first-order valence-corrected chi connectivity index (χ1v) is 4.06. The molecule has 0 fully saturated rings. The third-order valence-electron chi connectivity index (χ3n) is 2.08. The van der Waals surface area contributed by atoms with Crippen molar-refractivity contribution in [1.29, 1.82) is 0 Å². The quantitative estimate of drug-likeness (QED) is 0.323. The monoisotopic (exact) mass is 226 g/mol. The number of benzene rings is 1. The maximum atomic E-state index is 11.0. The van der Waals surface area contributed by atoms with Crippen molar-refractivity contribution >= 4 is 11.0 Å². The maximum absolute atomic E-state index is 11.0. The van der Waals surface area contributed by atoms with Crippen LogP contribution in [0.4, 0.5) is 0 Å². The van der Waals surface area contributed by atoms with Crippen LogP contribution < -0.4 is 5.63 Å². The van der Waals surface area contributed by atoms with Gasteiger partial charge in [-0.2, -0.15) is 0 Å². The van der Waals surface area contributed by atoms with Gasteiger partial charge in [-0.25, -0.2) is 4.79 Å². The fourth-order valence-electron chi connectivity index (χ4n) is 1.29. The molecule has 5 N–H and O–H groups in total. The van der Waals surface area contributed by atoms with E-state index >= 15 is 0 Å². The van der Waals surface area contributed by atoms with E-state index in [0.717, 1.165) is 6.07 Å². The van der Waals surface area contributed by atoms with Gasteiger partial charge >= 0.3 is 5.63 Å². The molecule has 0 aliphatic heterocycles. The molecule has 84 valence electrons. The lowest BCUT2D eigenvalue weighted by molar-refractivity contribution is 0.359. The summed E-state index contributed by atoms with van der Waals surface area (Å²) in [5.41, 5.74) is -1.59. The lowest BCUT2D eigenvalue weighted by Crippen LogP contribution is -1.98. The van der Waals surface area contributed by atoms with Crippen LogP contribution in [0, 0.1) is 0 Å². The lowest BCUT2D eigenvalue weighted by atomic mass is 10.1. The number of hydrogen-bond donors (Lipinski definition) is 5. The summed E-state index contributed by atoms with van der Waals surface area (Å²) < 4.78 is 4.49. The third-order valence-corrected chi connectivity index (χ3v) is 2.08. The highest BCUT2D eigenvalue weighted by Crippen LogP contribution is 2.45. The molecule has 0 amide bonds. The van der Waals surface area contributed by atoms with Crippen molar-refractivity contribution in [1.82, 2.24) is 0 Å². The van der Waals surface area contributed by atoms with Crippen molar-refractivity contribution < 1.29 is 29.9 Å². The molecular formula is C9H6O7. The van der Waals surface area contributed by atoms with Gasteiger partial charge in [-0.3, -0.25) is 0 Å². The Kier molecular flexibility index (Phi) is 1.84. The van der Waals surface area contributed by atoms with Gasteiger partial charge in [-0.05, 0) is 0 Å². The molecule has 1 aromatic carbocycles. The normalized spacial score (nSPS) is 10.8. The number of aromatic hydroxyl groups is 5. The van der Waals surface area contributed by atoms with E-state index in [1.165, 1.54) is 0 Å². The van der Waals surface area contributed by atoms with Crippen LogP contribution in [0.1, 0.15) is 0 Å². The van der Waals surface area contributed by atoms with E-state index in [-0.39, 0.29) is 5.58 Å². The van der Waals surface area contributed by atoms with Gasteiger partial charge in [0.25, 0.3) is 0 Å². The molecule has 0 aliphatic rings. The highest BCUT2D eigenvalue weighted by Gasteiger charge is 2.20. The first-order chi connectivity index (χ1) is 7.43. The van der Waals surface area contributed by atoms with E-state index in [9.17, 15) is 20.1 Å². The predicted octanol–water partition coefficient (Wildman–Crippen LogP) is 0.321. The Morgan fingerprint density at radius 1 is 0.875 bits per heavy atom. The molecule has 0 bridgehead atoms. The zero-order valence-corrected chi connectivity index (χ0v) is 7.63.